The molecule has 0 spiro atoms. The molecule has 0 amide bonds. The molecule has 1 aromatic carbocycles. The number of rotatable bonds is 5. The molecule has 2 aromatic rings. The van der Waals surface area contributed by atoms with Crippen LogP contribution in [0.5, 0.6) is 5.75 Å². The van der Waals surface area contributed by atoms with E-state index in [-0.39, 0.29) is 0 Å². The lowest BCUT2D eigenvalue weighted by atomic mass is 10.1. The summed E-state index contributed by atoms with van der Waals surface area (Å²) in [5.41, 5.74) is 2.88. The Morgan fingerprint density at radius 2 is 2.00 bits per heavy atom. The Kier molecular flexibility index (Phi) is 4.47. The van der Waals surface area contributed by atoms with Gasteiger partial charge in [-0.1, -0.05) is 19.1 Å². The number of nitrogens with zero attached hydrogens (tertiary/aromatic N) is 2. The maximum atomic E-state index is 5.36. The number of nitrogens with one attached hydrogen (secondary N) is 1. The fourth-order valence-corrected chi connectivity index (χ4v) is 1.93. The molecule has 0 bridgehead atoms. The van der Waals surface area contributed by atoms with E-state index < -0.39 is 0 Å². The minimum absolute atomic E-state index is 0.713. The first kappa shape index (κ1) is 13.5. The molecule has 0 aliphatic rings. The van der Waals surface area contributed by atoms with Gasteiger partial charge in [0.15, 0.2) is 5.82 Å². The van der Waals surface area contributed by atoms with E-state index in [1.165, 1.54) is 0 Å². The van der Waals surface area contributed by atoms with Crippen molar-refractivity contribution < 1.29 is 4.74 Å². The van der Waals surface area contributed by atoms with E-state index in [0.717, 1.165) is 35.8 Å². The zero-order chi connectivity index (χ0) is 13.7. The second kappa shape index (κ2) is 6.29. The van der Waals surface area contributed by atoms with Crippen molar-refractivity contribution in [1.29, 1.82) is 0 Å². The lowest BCUT2D eigenvalue weighted by Crippen LogP contribution is -2.13. The molecule has 0 atom stereocenters. The number of benzene rings is 1. The lowest BCUT2D eigenvalue weighted by Gasteiger charge is -2.09. The zero-order valence-electron chi connectivity index (χ0n) is 11.6. The molecule has 0 radical (unpaired) electrons. The van der Waals surface area contributed by atoms with Crippen LogP contribution < -0.4 is 10.1 Å². The molecular formula is C15H19N3O. The van der Waals surface area contributed by atoms with Gasteiger partial charge in [-0.2, -0.15) is 0 Å². The van der Waals surface area contributed by atoms with Crippen molar-refractivity contribution in [2.75, 3.05) is 13.7 Å². The molecule has 0 unspecified atom stereocenters. The van der Waals surface area contributed by atoms with Crippen LogP contribution in [0.15, 0.2) is 30.3 Å². The van der Waals surface area contributed by atoms with E-state index in [2.05, 4.69) is 22.2 Å². The molecule has 1 heterocycles. The average Bonchev–Trinajstić information content (AvgIpc) is 2.44. The number of hydrogen-bond acceptors (Lipinski definition) is 4. The van der Waals surface area contributed by atoms with Crippen molar-refractivity contribution in [2.45, 2.75) is 20.4 Å². The number of ether oxygens (including phenoxy) is 1. The van der Waals surface area contributed by atoms with E-state index in [1.54, 1.807) is 7.11 Å². The highest BCUT2D eigenvalue weighted by Crippen LogP contribution is 2.26. The maximum absolute atomic E-state index is 5.36. The molecule has 1 aromatic heterocycles. The number of aromatic nitrogens is 2. The summed E-state index contributed by atoms with van der Waals surface area (Å²) in [6, 6.07) is 9.81. The molecular weight excluding hydrogens is 238 g/mol. The summed E-state index contributed by atoms with van der Waals surface area (Å²) < 4.78 is 5.36. The summed E-state index contributed by atoms with van der Waals surface area (Å²) in [5.74, 6) is 1.51. The zero-order valence-corrected chi connectivity index (χ0v) is 11.6. The van der Waals surface area contributed by atoms with Crippen molar-refractivity contribution in [1.82, 2.24) is 15.3 Å². The van der Waals surface area contributed by atoms with Crippen molar-refractivity contribution in [2.24, 2.45) is 0 Å². The van der Waals surface area contributed by atoms with Crippen molar-refractivity contribution in [3.63, 3.8) is 0 Å². The van der Waals surface area contributed by atoms with E-state index >= 15 is 0 Å². The van der Waals surface area contributed by atoms with Crippen molar-refractivity contribution in [3.05, 3.63) is 41.7 Å². The SMILES string of the molecule is CCNCc1cc(C)nc(-c2ccccc2OC)n1. The first-order chi connectivity index (χ1) is 9.24. The van der Waals surface area contributed by atoms with Crippen molar-refractivity contribution in [3.8, 4) is 17.1 Å². The minimum atomic E-state index is 0.713. The van der Waals surface area contributed by atoms with Gasteiger partial charge < -0.3 is 10.1 Å². The monoisotopic (exact) mass is 257 g/mol. The summed E-state index contributed by atoms with van der Waals surface area (Å²) >= 11 is 0. The molecule has 19 heavy (non-hydrogen) atoms. The van der Waals surface area contributed by atoms with Gasteiger partial charge in [0, 0.05) is 12.2 Å². The average molecular weight is 257 g/mol. The van der Waals surface area contributed by atoms with Gasteiger partial charge in [0.05, 0.1) is 18.4 Å². The summed E-state index contributed by atoms with van der Waals surface area (Å²) in [5, 5.41) is 3.28. The van der Waals surface area contributed by atoms with Crippen LogP contribution in [0.2, 0.25) is 0 Å². The normalized spacial score (nSPS) is 10.5. The van der Waals surface area contributed by atoms with Crippen molar-refractivity contribution >= 4 is 0 Å². The third-order valence-corrected chi connectivity index (χ3v) is 2.81. The van der Waals surface area contributed by atoms with Gasteiger partial charge in [-0.3, -0.25) is 0 Å². The molecule has 0 aliphatic heterocycles. The first-order valence-corrected chi connectivity index (χ1v) is 6.43. The van der Waals surface area contributed by atoms with E-state index in [0.29, 0.717) is 5.82 Å². The van der Waals surface area contributed by atoms with Gasteiger partial charge in [0.1, 0.15) is 5.75 Å². The topological polar surface area (TPSA) is 47.0 Å². The highest BCUT2D eigenvalue weighted by Gasteiger charge is 2.09. The molecule has 1 N–H and O–H groups in total. The lowest BCUT2D eigenvalue weighted by molar-refractivity contribution is 0.416. The maximum Gasteiger partial charge on any atom is 0.163 e. The predicted octanol–water partition coefficient (Wildman–Crippen LogP) is 2.57. The summed E-state index contributed by atoms with van der Waals surface area (Å²) in [6.07, 6.45) is 0. The van der Waals surface area contributed by atoms with Gasteiger partial charge in [-0.25, -0.2) is 9.97 Å². The Balaban J connectivity index is 2.41. The molecule has 0 aliphatic carbocycles. The largest absolute Gasteiger partial charge is 0.496 e. The van der Waals surface area contributed by atoms with Crippen LogP contribution in [-0.4, -0.2) is 23.6 Å². The van der Waals surface area contributed by atoms with Gasteiger partial charge >= 0.3 is 0 Å². The summed E-state index contributed by atoms with van der Waals surface area (Å²) in [7, 11) is 1.66. The highest BCUT2D eigenvalue weighted by molar-refractivity contribution is 5.64. The highest BCUT2D eigenvalue weighted by atomic mass is 16.5. The first-order valence-electron chi connectivity index (χ1n) is 6.43. The number of para-hydroxylation sites is 1. The van der Waals surface area contributed by atoms with Crippen LogP contribution in [0.4, 0.5) is 0 Å². The predicted molar refractivity (Wildman–Crippen MR) is 76.1 cm³/mol. The van der Waals surface area contributed by atoms with Gasteiger partial charge in [0.25, 0.3) is 0 Å². The molecule has 100 valence electrons. The van der Waals surface area contributed by atoms with Crippen LogP contribution >= 0.6 is 0 Å². The van der Waals surface area contributed by atoms with E-state index in [9.17, 15) is 0 Å². The Bertz CT molecular complexity index is 555. The van der Waals surface area contributed by atoms with Crippen LogP contribution in [0.1, 0.15) is 18.3 Å². The smallest absolute Gasteiger partial charge is 0.163 e. The number of methoxy groups -OCH3 is 1. The standard InChI is InChI=1S/C15H19N3O/c1-4-16-10-12-9-11(2)17-15(18-12)13-7-5-6-8-14(13)19-3/h5-9,16H,4,10H2,1-3H3. The number of aryl methyl sites for hydroxylation is 1. The molecule has 0 fully saturated rings. The van der Waals surface area contributed by atoms with E-state index in [4.69, 9.17) is 4.74 Å². The Morgan fingerprint density at radius 3 is 2.74 bits per heavy atom. The molecule has 2 rings (SSSR count). The second-order valence-corrected chi connectivity index (χ2v) is 4.30. The third kappa shape index (κ3) is 3.29. The van der Waals surface area contributed by atoms with Crippen LogP contribution in [-0.2, 0) is 6.54 Å². The van der Waals surface area contributed by atoms with Gasteiger partial charge in [-0.05, 0) is 31.7 Å². The molecule has 0 saturated heterocycles. The fourth-order valence-electron chi connectivity index (χ4n) is 1.93. The summed E-state index contributed by atoms with van der Waals surface area (Å²) in [4.78, 5) is 9.10. The minimum Gasteiger partial charge on any atom is -0.496 e. The number of hydrogen-bond donors (Lipinski definition) is 1. The van der Waals surface area contributed by atoms with Gasteiger partial charge in [-0.15, -0.1) is 0 Å². The quantitative estimate of drug-likeness (QED) is 0.894. The third-order valence-electron chi connectivity index (χ3n) is 2.81. The van der Waals surface area contributed by atoms with E-state index in [1.807, 2.05) is 37.3 Å². The van der Waals surface area contributed by atoms with Gasteiger partial charge in [0.2, 0.25) is 0 Å². The Hall–Kier alpha value is -1.94. The molecule has 0 saturated carbocycles. The van der Waals surface area contributed by atoms with Crippen LogP contribution in [0, 0.1) is 6.92 Å². The Labute approximate surface area is 113 Å². The Morgan fingerprint density at radius 1 is 1.21 bits per heavy atom. The fraction of sp³-hybridized carbons (Fsp3) is 0.333. The van der Waals surface area contributed by atoms with Crippen LogP contribution in [0.25, 0.3) is 11.4 Å². The molecule has 4 nitrogen and oxygen atoms in total. The molecule has 4 heteroatoms. The second-order valence-electron chi connectivity index (χ2n) is 4.30. The summed E-state index contributed by atoms with van der Waals surface area (Å²) in [6.45, 7) is 5.74. The van der Waals surface area contributed by atoms with Crippen LogP contribution in [0.3, 0.4) is 0 Å².